The van der Waals surface area contributed by atoms with E-state index in [-0.39, 0.29) is 12.5 Å². The van der Waals surface area contributed by atoms with Crippen LogP contribution in [0.1, 0.15) is 6.42 Å². The molecule has 110 valence electrons. The van der Waals surface area contributed by atoms with Crippen molar-refractivity contribution in [3.63, 3.8) is 0 Å². The Morgan fingerprint density at radius 2 is 1.95 bits per heavy atom. The maximum absolute atomic E-state index is 12.5. The van der Waals surface area contributed by atoms with Gasteiger partial charge in [0.25, 0.3) is 0 Å². The number of likely N-dealkylation sites (N-methyl/N-ethyl adjacent to an activating group) is 1. The number of carbonyl (C=O) groups is 1. The lowest BCUT2D eigenvalue weighted by Gasteiger charge is -2.18. The van der Waals surface area contributed by atoms with Crippen LogP contribution in [0, 0.1) is 0 Å². The Balaban J connectivity index is 2.04. The average Bonchev–Trinajstić information content (AvgIpc) is 2.89. The minimum absolute atomic E-state index is 0.00255. The number of amides is 1. The van der Waals surface area contributed by atoms with Gasteiger partial charge in [0.2, 0.25) is 5.91 Å². The lowest BCUT2D eigenvalue weighted by atomic mass is 10.4. The summed E-state index contributed by atoms with van der Waals surface area (Å²) < 4.78 is 25.0. The van der Waals surface area contributed by atoms with Crippen LogP contribution in [-0.4, -0.2) is 63.1 Å². The van der Waals surface area contributed by atoms with Crippen LogP contribution in [0.5, 0.6) is 0 Å². The summed E-state index contributed by atoms with van der Waals surface area (Å²) in [5, 5.41) is -0.417. The topological polar surface area (TPSA) is 57.7 Å². The Bertz CT molecular complexity index is 569. The molecule has 6 heteroatoms. The molecule has 0 saturated carbocycles. The maximum Gasteiger partial charge on any atom is 0.236 e. The van der Waals surface area contributed by atoms with E-state index in [4.69, 9.17) is 0 Å². The Morgan fingerprint density at radius 3 is 2.55 bits per heavy atom. The normalized spacial score (nSPS) is 20.0. The van der Waals surface area contributed by atoms with E-state index in [0.29, 0.717) is 24.4 Å². The van der Waals surface area contributed by atoms with Gasteiger partial charge in [-0.3, -0.25) is 9.69 Å². The third-order valence-corrected chi connectivity index (χ3v) is 5.79. The summed E-state index contributed by atoms with van der Waals surface area (Å²) in [6, 6.07) is 8.52. The highest BCUT2D eigenvalue weighted by Gasteiger charge is 2.34. The van der Waals surface area contributed by atoms with Gasteiger partial charge in [0.1, 0.15) is 0 Å². The van der Waals surface area contributed by atoms with Crippen LogP contribution >= 0.6 is 0 Å². The minimum Gasteiger partial charge on any atom is -0.348 e. The zero-order chi connectivity index (χ0) is 14.8. The van der Waals surface area contributed by atoms with Crippen LogP contribution < -0.4 is 0 Å². The SMILES string of the molecule is CN(C)C(=O)CN1CCC(S(=O)(=O)c2ccccc2)C1. The molecule has 1 saturated heterocycles. The average molecular weight is 296 g/mol. The van der Waals surface area contributed by atoms with Gasteiger partial charge in [0.15, 0.2) is 9.84 Å². The molecule has 0 N–H and O–H groups in total. The molecule has 1 aromatic rings. The third kappa shape index (κ3) is 3.19. The molecular formula is C14H20N2O3S. The second-order valence-corrected chi connectivity index (χ2v) is 7.52. The zero-order valence-electron chi connectivity index (χ0n) is 11.8. The first kappa shape index (κ1) is 15.0. The number of nitrogens with zero attached hydrogens (tertiary/aromatic N) is 2. The van der Waals surface area contributed by atoms with E-state index in [1.807, 2.05) is 4.90 Å². The van der Waals surface area contributed by atoms with Crippen LogP contribution in [-0.2, 0) is 14.6 Å². The summed E-state index contributed by atoms with van der Waals surface area (Å²) in [5.41, 5.74) is 0. The van der Waals surface area contributed by atoms with Gasteiger partial charge in [-0.15, -0.1) is 0 Å². The van der Waals surface area contributed by atoms with Crippen molar-refractivity contribution in [2.75, 3.05) is 33.7 Å². The smallest absolute Gasteiger partial charge is 0.236 e. The second-order valence-electron chi connectivity index (χ2n) is 5.29. The fourth-order valence-electron chi connectivity index (χ4n) is 2.33. The summed E-state index contributed by atoms with van der Waals surface area (Å²) in [7, 11) is 0.116. The van der Waals surface area contributed by atoms with Crippen molar-refractivity contribution in [1.29, 1.82) is 0 Å². The summed E-state index contributed by atoms with van der Waals surface area (Å²) in [6.07, 6.45) is 0.581. The highest BCUT2D eigenvalue weighted by Crippen LogP contribution is 2.23. The standard InChI is InChI=1S/C14H20N2O3S/c1-15(2)14(17)11-16-9-8-13(10-16)20(18,19)12-6-4-3-5-7-12/h3-7,13H,8-11H2,1-2H3. The summed E-state index contributed by atoms with van der Waals surface area (Å²) in [5.74, 6) is 0.00255. The van der Waals surface area contributed by atoms with Gasteiger partial charge in [-0.05, 0) is 18.6 Å². The molecule has 1 amide bonds. The Hall–Kier alpha value is -1.40. The first-order valence-electron chi connectivity index (χ1n) is 6.62. The van der Waals surface area contributed by atoms with Crippen LogP contribution in [0.2, 0.25) is 0 Å². The first-order valence-corrected chi connectivity index (χ1v) is 8.17. The molecule has 2 rings (SSSR count). The number of rotatable bonds is 4. The predicted molar refractivity (Wildman–Crippen MR) is 77.2 cm³/mol. The van der Waals surface area contributed by atoms with E-state index in [2.05, 4.69) is 0 Å². The van der Waals surface area contributed by atoms with Crippen molar-refractivity contribution in [3.8, 4) is 0 Å². The fraction of sp³-hybridized carbons (Fsp3) is 0.500. The van der Waals surface area contributed by atoms with E-state index in [9.17, 15) is 13.2 Å². The monoisotopic (exact) mass is 296 g/mol. The van der Waals surface area contributed by atoms with Crippen molar-refractivity contribution in [2.45, 2.75) is 16.6 Å². The molecule has 0 aliphatic carbocycles. The zero-order valence-corrected chi connectivity index (χ0v) is 12.6. The van der Waals surface area contributed by atoms with Crippen LogP contribution in [0.25, 0.3) is 0 Å². The lowest BCUT2D eigenvalue weighted by molar-refractivity contribution is -0.129. The molecule has 0 bridgehead atoms. The predicted octanol–water partition coefficient (Wildman–Crippen LogP) is 0.623. The van der Waals surface area contributed by atoms with E-state index < -0.39 is 15.1 Å². The number of likely N-dealkylation sites (tertiary alicyclic amines) is 1. The van der Waals surface area contributed by atoms with Crippen LogP contribution in [0.3, 0.4) is 0 Å². The molecule has 1 aliphatic heterocycles. The second kappa shape index (κ2) is 5.93. The number of sulfone groups is 1. The molecule has 1 heterocycles. The third-order valence-electron chi connectivity index (χ3n) is 3.60. The van der Waals surface area contributed by atoms with Gasteiger partial charge >= 0.3 is 0 Å². The molecule has 1 aromatic carbocycles. The molecule has 1 fully saturated rings. The lowest BCUT2D eigenvalue weighted by Crippen LogP contribution is -2.36. The molecule has 0 aromatic heterocycles. The highest BCUT2D eigenvalue weighted by atomic mass is 32.2. The molecule has 1 unspecified atom stereocenters. The van der Waals surface area contributed by atoms with Crippen molar-refractivity contribution >= 4 is 15.7 Å². The fourth-order valence-corrected chi connectivity index (χ4v) is 4.07. The molecular weight excluding hydrogens is 276 g/mol. The Labute approximate surface area is 120 Å². The van der Waals surface area contributed by atoms with Crippen LogP contribution in [0.15, 0.2) is 35.2 Å². The molecule has 0 spiro atoms. The summed E-state index contributed by atoms with van der Waals surface area (Å²) in [6.45, 7) is 1.36. The Kier molecular flexibility index (Phi) is 4.45. The largest absolute Gasteiger partial charge is 0.348 e. The summed E-state index contributed by atoms with van der Waals surface area (Å²) in [4.78, 5) is 15.5. The number of hydrogen-bond acceptors (Lipinski definition) is 4. The molecule has 20 heavy (non-hydrogen) atoms. The van der Waals surface area contributed by atoms with Crippen molar-refractivity contribution < 1.29 is 13.2 Å². The Morgan fingerprint density at radius 1 is 1.30 bits per heavy atom. The van der Waals surface area contributed by atoms with E-state index in [0.717, 1.165) is 0 Å². The van der Waals surface area contributed by atoms with Gasteiger partial charge < -0.3 is 4.90 Å². The molecule has 0 radical (unpaired) electrons. The van der Waals surface area contributed by atoms with E-state index in [1.165, 1.54) is 4.90 Å². The van der Waals surface area contributed by atoms with Gasteiger partial charge in [-0.2, -0.15) is 0 Å². The first-order chi connectivity index (χ1) is 9.41. The minimum atomic E-state index is -3.29. The molecule has 1 atom stereocenters. The molecule has 1 aliphatic rings. The van der Waals surface area contributed by atoms with Gasteiger partial charge in [-0.1, -0.05) is 18.2 Å². The number of carbonyl (C=O) groups excluding carboxylic acids is 1. The van der Waals surface area contributed by atoms with Gasteiger partial charge in [0.05, 0.1) is 16.7 Å². The number of benzene rings is 1. The van der Waals surface area contributed by atoms with Crippen molar-refractivity contribution in [2.24, 2.45) is 0 Å². The quantitative estimate of drug-likeness (QED) is 0.817. The van der Waals surface area contributed by atoms with Crippen LogP contribution in [0.4, 0.5) is 0 Å². The number of hydrogen-bond donors (Lipinski definition) is 0. The maximum atomic E-state index is 12.5. The van der Waals surface area contributed by atoms with E-state index >= 15 is 0 Å². The highest BCUT2D eigenvalue weighted by molar-refractivity contribution is 7.92. The molecule has 5 nitrogen and oxygen atoms in total. The summed E-state index contributed by atoms with van der Waals surface area (Å²) >= 11 is 0. The van der Waals surface area contributed by atoms with Gasteiger partial charge in [-0.25, -0.2) is 8.42 Å². The van der Waals surface area contributed by atoms with Gasteiger partial charge in [0, 0.05) is 27.2 Å². The van der Waals surface area contributed by atoms with Crippen molar-refractivity contribution in [3.05, 3.63) is 30.3 Å². The van der Waals surface area contributed by atoms with E-state index in [1.54, 1.807) is 44.4 Å². The van der Waals surface area contributed by atoms with Crippen molar-refractivity contribution in [1.82, 2.24) is 9.80 Å².